The fourth-order valence-electron chi connectivity index (χ4n) is 4.41. The van der Waals surface area contributed by atoms with E-state index in [9.17, 15) is 32.6 Å². The van der Waals surface area contributed by atoms with E-state index in [0.29, 0.717) is 22.1 Å². The average Bonchev–Trinajstić information content (AvgIpc) is 3.29. The van der Waals surface area contributed by atoms with Gasteiger partial charge in [-0.15, -0.1) is 0 Å². The van der Waals surface area contributed by atoms with Crippen LogP contribution < -0.4 is 0 Å². The van der Waals surface area contributed by atoms with E-state index in [1.807, 2.05) is 0 Å². The highest BCUT2D eigenvalue weighted by Crippen LogP contribution is 2.43. The molecule has 3 aromatic rings. The van der Waals surface area contributed by atoms with Gasteiger partial charge in [0.2, 0.25) is 10.0 Å². The highest BCUT2D eigenvalue weighted by Gasteiger charge is 2.44. The number of hydrogen-bond donors (Lipinski definition) is 2. The molecule has 0 bridgehead atoms. The largest absolute Gasteiger partial charge is 0.464 e. The number of aliphatic hydroxyl groups is 2. The first kappa shape index (κ1) is 27.7. The molecule has 4 rings (SSSR count). The normalized spacial score (nSPS) is 17.8. The lowest BCUT2D eigenvalue weighted by atomic mass is 9.99. The molecule has 0 saturated carbocycles. The first-order chi connectivity index (χ1) is 17.7. The number of aliphatic hydroxyl groups excluding tert-OH is 2. The summed E-state index contributed by atoms with van der Waals surface area (Å²) in [5.41, 5.74) is 0.831. The second-order valence-corrected chi connectivity index (χ2v) is 11.9. The van der Waals surface area contributed by atoms with Gasteiger partial charge in [-0.2, -0.15) is 4.31 Å². The van der Waals surface area contributed by atoms with Crippen LogP contribution in [0.5, 0.6) is 0 Å². The zero-order valence-electron chi connectivity index (χ0n) is 21.3. The van der Waals surface area contributed by atoms with E-state index in [4.69, 9.17) is 9.47 Å². The summed E-state index contributed by atoms with van der Waals surface area (Å²) in [4.78, 5) is 24.4. The van der Waals surface area contributed by atoms with E-state index in [2.05, 4.69) is 0 Å². The van der Waals surface area contributed by atoms with Gasteiger partial charge in [-0.05, 0) is 62.2 Å². The number of carbonyl (C=O) groups is 2. The van der Waals surface area contributed by atoms with Crippen LogP contribution >= 0.6 is 0 Å². The van der Waals surface area contributed by atoms with Crippen molar-refractivity contribution in [1.82, 2.24) is 8.87 Å². The van der Waals surface area contributed by atoms with Crippen LogP contribution in [0.2, 0.25) is 0 Å². The number of hydrogen-bond acceptors (Lipinski definition) is 8. The second-order valence-electron chi connectivity index (χ2n) is 10.0. The van der Waals surface area contributed by atoms with Gasteiger partial charge in [-0.1, -0.05) is 6.07 Å². The van der Waals surface area contributed by atoms with Crippen LogP contribution in [0.25, 0.3) is 22.0 Å². The second kappa shape index (κ2) is 10.1. The molecule has 38 heavy (non-hydrogen) atoms. The Bertz CT molecular complexity index is 1510. The molecule has 2 aromatic carbocycles. The first-order valence-electron chi connectivity index (χ1n) is 11.9. The van der Waals surface area contributed by atoms with Crippen molar-refractivity contribution >= 4 is 33.0 Å². The first-order valence-corrected chi connectivity index (χ1v) is 13.3. The maximum Gasteiger partial charge on any atom is 0.419 e. The third-order valence-corrected chi connectivity index (χ3v) is 7.97. The van der Waals surface area contributed by atoms with Gasteiger partial charge in [0, 0.05) is 30.6 Å². The smallest absolute Gasteiger partial charge is 0.419 e. The minimum atomic E-state index is -4.08. The topological polar surface area (TPSA) is 135 Å². The molecular formula is C26H29FN2O8S. The molecule has 0 amide bonds. The molecule has 2 unspecified atom stereocenters. The van der Waals surface area contributed by atoms with E-state index in [-0.39, 0.29) is 17.0 Å². The lowest BCUT2D eigenvalue weighted by molar-refractivity contribution is -0.142. The quantitative estimate of drug-likeness (QED) is 0.449. The van der Waals surface area contributed by atoms with Crippen molar-refractivity contribution in [2.45, 2.75) is 50.3 Å². The van der Waals surface area contributed by atoms with Gasteiger partial charge in [-0.25, -0.2) is 17.6 Å². The molecule has 0 fully saturated rings. The van der Waals surface area contributed by atoms with Gasteiger partial charge in [0.05, 0.1) is 29.2 Å². The van der Waals surface area contributed by atoms with E-state index in [1.165, 1.54) is 42.0 Å². The average molecular weight is 549 g/mol. The van der Waals surface area contributed by atoms with E-state index in [1.54, 1.807) is 32.9 Å². The highest BCUT2D eigenvalue weighted by atomic mass is 32.2. The minimum absolute atomic E-state index is 0.0366. The number of ether oxygens (including phenoxy) is 2. The third kappa shape index (κ3) is 5.30. The predicted octanol–water partition coefficient (Wildman–Crippen LogP) is 3.19. The Morgan fingerprint density at radius 1 is 1.16 bits per heavy atom. The lowest BCUT2D eigenvalue weighted by Gasteiger charge is -2.24. The maximum absolute atomic E-state index is 14.2. The van der Waals surface area contributed by atoms with Gasteiger partial charge in [0.1, 0.15) is 18.0 Å². The number of fused-ring (bicyclic) bond motifs is 2. The maximum atomic E-state index is 14.2. The Balaban J connectivity index is 1.86. The van der Waals surface area contributed by atoms with Crippen LogP contribution in [-0.4, -0.2) is 71.0 Å². The molecule has 204 valence electrons. The molecule has 12 heteroatoms. The summed E-state index contributed by atoms with van der Waals surface area (Å²) >= 11 is 0. The van der Waals surface area contributed by atoms with E-state index >= 15 is 0 Å². The predicted molar refractivity (Wildman–Crippen MR) is 135 cm³/mol. The van der Waals surface area contributed by atoms with Crippen molar-refractivity contribution in [2.24, 2.45) is 0 Å². The molecule has 2 N–H and O–H groups in total. The van der Waals surface area contributed by atoms with Gasteiger partial charge in [0.25, 0.3) is 0 Å². The molecule has 1 aliphatic rings. The Morgan fingerprint density at radius 3 is 2.50 bits per heavy atom. The Labute approximate surface area is 219 Å². The van der Waals surface area contributed by atoms with E-state index < -0.39 is 58.8 Å². The summed E-state index contributed by atoms with van der Waals surface area (Å²) < 4.78 is 53.6. The molecule has 0 radical (unpaired) electrons. The SMILES string of the molecule is CC(=O)OCC1c2cc(-c3cn(C(=O)OC(C)(C)C)c4cc(F)ccc34)ccc2S(=O)(=O)N1CC(O)CO. The molecule has 0 aliphatic carbocycles. The van der Waals surface area contributed by atoms with Gasteiger partial charge in [0.15, 0.2) is 0 Å². The number of esters is 1. The zero-order valence-corrected chi connectivity index (χ0v) is 22.2. The number of β-amino-alcohol motifs (C(OH)–C–C–N with tert-alkyl or cyclic N) is 1. The Hall–Kier alpha value is -3.32. The standard InChI is InChI=1S/C26H29FN2O8S/c1-15(31)36-14-23-20-9-16(5-8-24(20)38(34,35)29(23)11-18(32)13-30)21-12-28(25(33)37-26(2,3)4)22-10-17(27)6-7-19(21)22/h5-10,12,18,23,30,32H,11,13-14H2,1-4H3. The molecular weight excluding hydrogens is 519 g/mol. The monoisotopic (exact) mass is 548 g/mol. The molecule has 0 saturated heterocycles. The van der Waals surface area contributed by atoms with Crippen molar-refractivity contribution in [3.05, 3.63) is 54.0 Å². The fraction of sp³-hybridized carbons (Fsp3) is 0.385. The fourth-order valence-corrected chi connectivity index (χ4v) is 6.28. The summed E-state index contributed by atoms with van der Waals surface area (Å²) in [5, 5.41) is 19.8. The van der Waals surface area contributed by atoms with Crippen molar-refractivity contribution in [2.75, 3.05) is 19.8 Å². The van der Waals surface area contributed by atoms with Crippen LogP contribution in [0, 0.1) is 5.82 Å². The van der Waals surface area contributed by atoms with Crippen molar-refractivity contribution < 1.29 is 42.1 Å². The molecule has 0 spiro atoms. The van der Waals surface area contributed by atoms with Crippen molar-refractivity contribution in [3.63, 3.8) is 0 Å². The highest BCUT2D eigenvalue weighted by molar-refractivity contribution is 7.89. The molecule has 2 atom stereocenters. The Kier molecular flexibility index (Phi) is 7.36. The number of halogens is 1. The van der Waals surface area contributed by atoms with Crippen molar-refractivity contribution in [3.8, 4) is 11.1 Å². The summed E-state index contributed by atoms with van der Waals surface area (Å²) in [5.74, 6) is -1.16. The Morgan fingerprint density at radius 2 is 1.87 bits per heavy atom. The van der Waals surface area contributed by atoms with Crippen LogP contribution in [0.1, 0.15) is 39.3 Å². The minimum Gasteiger partial charge on any atom is -0.464 e. The number of sulfonamides is 1. The van der Waals surface area contributed by atoms with Crippen LogP contribution in [0.3, 0.4) is 0 Å². The molecule has 2 heterocycles. The number of aromatic nitrogens is 1. The molecule has 10 nitrogen and oxygen atoms in total. The van der Waals surface area contributed by atoms with Crippen LogP contribution in [-0.2, 0) is 24.3 Å². The summed E-state index contributed by atoms with van der Waals surface area (Å²) in [6.07, 6.45) is -0.558. The van der Waals surface area contributed by atoms with Crippen LogP contribution in [0.15, 0.2) is 47.5 Å². The number of nitrogens with zero attached hydrogens (tertiary/aromatic N) is 2. The third-order valence-electron chi connectivity index (χ3n) is 6.02. The summed E-state index contributed by atoms with van der Waals surface area (Å²) in [7, 11) is -4.08. The van der Waals surface area contributed by atoms with Gasteiger partial charge < -0.3 is 19.7 Å². The summed E-state index contributed by atoms with van der Waals surface area (Å²) in [6.45, 7) is 4.94. The molecule has 1 aliphatic heterocycles. The number of rotatable bonds is 6. The summed E-state index contributed by atoms with van der Waals surface area (Å²) in [6, 6.07) is 7.58. The van der Waals surface area contributed by atoms with Crippen molar-refractivity contribution in [1.29, 1.82) is 0 Å². The zero-order chi connectivity index (χ0) is 28.0. The van der Waals surface area contributed by atoms with Gasteiger partial charge >= 0.3 is 12.1 Å². The number of benzene rings is 2. The van der Waals surface area contributed by atoms with Crippen LogP contribution in [0.4, 0.5) is 9.18 Å². The van der Waals surface area contributed by atoms with E-state index in [0.717, 1.165) is 4.31 Å². The van der Waals surface area contributed by atoms with Gasteiger partial charge in [-0.3, -0.25) is 9.36 Å². The number of carbonyl (C=O) groups excluding carboxylic acids is 2. The lowest BCUT2D eigenvalue weighted by Crippen LogP contribution is -2.38. The molecule has 1 aromatic heterocycles.